The Kier molecular flexibility index (Phi) is 5.48. The second-order valence-corrected chi connectivity index (χ2v) is 5.67. The Hall–Kier alpha value is -1.71. The average molecular weight is 291 g/mol. The molecule has 1 aromatic rings. The summed E-state index contributed by atoms with van der Waals surface area (Å²) in [7, 11) is 0. The van der Waals surface area contributed by atoms with E-state index >= 15 is 0 Å². The first-order chi connectivity index (χ1) is 10.2. The van der Waals surface area contributed by atoms with Crippen molar-refractivity contribution in [2.24, 2.45) is 11.7 Å². The van der Waals surface area contributed by atoms with Gasteiger partial charge in [0.1, 0.15) is 0 Å². The predicted octanol–water partition coefficient (Wildman–Crippen LogP) is 3.88. The van der Waals surface area contributed by atoms with Gasteiger partial charge in [-0.2, -0.15) is 0 Å². The Morgan fingerprint density at radius 1 is 1.14 bits per heavy atom. The van der Waals surface area contributed by atoms with Crippen LogP contribution in [0.4, 0.5) is 0 Å². The first kappa shape index (κ1) is 15.7. The fraction of sp³-hybridized carbons (Fsp3) is 0.588. The van der Waals surface area contributed by atoms with Crippen LogP contribution in [-0.2, 0) is 0 Å². The average Bonchev–Trinajstić information content (AvgIpc) is 2.90. The Morgan fingerprint density at radius 3 is 2.33 bits per heavy atom. The van der Waals surface area contributed by atoms with Crippen LogP contribution >= 0.6 is 0 Å². The molecule has 0 spiro atoms. The molecule has 1 atom stereocenters. The SMILES string of the molecule is CCCCC(CCCC)C1Oc2ccc(C(N)=O)cc2O1. The summed E-state index contributed by atoms with van der Waals surface area (Å²) < 4.78 is 11.8. The van der Waals surface area contributed by atoms with Crippen molar-refractivity contribution in [3.05, 3.63) is 23.8 Å². The molecule has 2 N–H and O–H groups in total. The predicted molar refractivity (Wildman–Crippen MR) is 82.5 cm³/mol. The number of primary amides is 1. The molecule has 0 radical (unpaired) electrons. The van der Waals surface area contributed by atoms with Gasteiger partial charge < -0.3 is 15.2 Å². The lowest BCUT2D eigenvalue weighted by atomic mass is 9.95. The molecule has 2 rings (SSSR count). The first-order valence-corrected chi connectivity index (χ1v) is 7.92. The Labute approximate surface area is 126 Å². The Bertz CT molecular complexity index is 479. The molecule has 0 aromatic heterocycles. The molecular formula is C17H25NO3. The summed E-state index contributed by atoms with van der Waals surface area (Å²) in [6.45, 7) is 4.39. The molecule has 1 aromatic carbocycles. The van der Waals surface area contributed by atoms with E-state index in [2.05, 4.69) is 13.8 Å². The van der Waals surface area contributed by atoms with Crippen molar-refractivity contribution in [3.63, 3.8) is 0 Å². The highest BCUT2D eigenvalue weighted by molar-refractivity contribution is 5.93. The molecule has 1 aliphatic rings. The number of nitrogens with two attached hydrogens (primary N) is 1. The summed E-state index contributed by atoms with van der Waals surface area (Å²) in [5.74, 6) is 1.30. The smallest absolute Gasteiger partial charge is 0.248 e. The highest BCUT2D eigenvalue weighted by atomic mass is 16.7. The molecule has 4 heteroatoms. The van der Waals surface area contributed by atoms with Crippen molar-refractivity contribution in [1.29, 1.82) is 0 Å². The van der Waals surface area contributed by atoms with Crippen LogP contribution in [0.5, 0.6) is 11.5 Å². The molecule has 0 aliphatic carbocycles. The fourth-order valence-corrected chi connectivity index (χ4v) is 2.67. The molecule has 1 heterocycles. The summed E-state index contributed by atoms with van der Waals surface area (Å²) in [5.41, 5.74) is 5.75. The number of hydrogen-bond acceptors (Lipinski definition) is 3. The summed E-state index contributed by atoms with van der Waals surface area (Å²) in [6, 6.07) is 5.13. The van der Waals surface area contributed by atoms with Crippen molar-refractivity contribution in [2.75, 3.05) is 0 Å². The molecule has 0 fully saturated rings. The van der Waals surface area contributed by atoms with Gasteiger partial charge in [-0.05, 0) is 31.0 Å². The zero-order valence-corrected chi connectivity index (χ0v) is 12.9. The number of rotatable bonds is 8. The molecule has 21 heavy (non-hydrogen) atoms. The van der Waals surface area contributed by atoms with E-state index in [1.807, 2.05) is 0 Å². The zero-order valence-electron chi connectivity index (χ0n) is 12.9. The van der Waals surface area contributed by atoms with Gasteiger partial charge in [0.2, 0.25) is 12.2 Å². The van der Waals surface area contributed by atoms with E-state index in [0.29, 0.717) is 23.0 Å². The molecule has 0 bridgehead atoms. The van der Waals surface area contributed by atoms with Crippen molar-refractivity contribution in [2.45, 2.75) is 58.7 Å². The van der Waals surface area contributed by atoms with E-state index < -0.39 is 5.91 Å². The van der Waals surface area contributed by atoms with Crippen LogP contribution in [0.25, 0.3) is 0 Å². The number of carbonyl (C=O) groups excluding carboxylic acids is 1. The van der Waals surface area contributed by atoms with E-state index in [1.165, 1.54) is 25.7 Å². The molecule has 116 valence electrons. The number of amides is 1. The number of fused-ring (bicyclic) bond motifs is 1. The van der Waals surface area contributed by atoms with Crippen molar-refractivity contribution < 1.29 is 14.3 Å². The second kappa shape index (κ2) is 7.34. The zero-order chi connectivity index (χ0) is 15.2. The maximum absolute atomic E-state index is 11.2. The topological polar surface area (TPSA) is 61.5 Å². The summed E-state index contributed by atoms with van der Waals surface area (Å²) in [5, 5.41) is 0. The van der Waals surface area contributed by atoms with Crippen molar-refractivity contribution in [3.8, 4) is 11.5 Å². The lowest BCUT2D eigenvalue weighted by Gasteiger charge is -2.22. The normalized spacial score (nSPS) is 16.4. The van der Waals surface area contributed by atoms with Crippen molar-refractivity contribution >= 4 is 5.91 Å². The fourth-order valence-electron chi connectivity index (χ4n) is 2.67. The van der Waals surface area contributed by atoms with Gasteiger partial charge in [0, 0.05) is 11.5 Å². The molecule has 1 amide bonds. The van der Waals surface area contributed by atoms with E-state index in [4.69, 9.17) is 15.2 Å². The highest BCUT2D eigenvalue weighted by Gasteiger charge is 2.31. The summed E-state index contributed by atoms with van der Waals surface area (Å²) in [6.07, 6.45) is 6.69. The molecule has 4 nitrogen and oxygen atoms in total. The van der Waals surface area contributed by atoms with E-state index in [1.54, 1.807) is 18.2 Å². The number of benzene rings is 1. The number of unbranched alkanes of at least 4 members (excludes halogenated alkanes) is 2. The molecule has 0 saturated heterocycles. The largest absolute Gasteiger partial charge is 0.451 e. The summed E-state index contributed by atoms with van der Waals surface area (Å²) in [4.78, 5) is 11.2. The van der Waals surface area contributed by atoms with Crippen molar-refractivity contribution in [1.82, 2.24) is 0 Å². The minimum absolute atomic E-state index is 0.235. The standard InChI is InChI=1S/C17H25NO3/c1-3-5-7-12(8-6-4-2)17-20-14-10-9-13(16(18)19)11-15(14)21-17/h9-12,17H,3-8H2,1-2H3,(H2,18,19). The van der Waals surface area contributed by atoms with Gasteiger partial charge in [-0.15, -0.1) is 0 Å². The first-order valence-electron chi connectivity index (χ1n) is 7.92. The van der Waals surface area contributed by atoms with Gasteiger partial charge in [0.15, 0.2) is 11.5 Å². The third-order valence-corrected chi connectivity index (χ3v) is 3.96. The minimum atomic E-state index is -0.446. The van der Waals surface area contributed by atoms with E-state index in [0.717, 1.165) is 12.8 Å². The van der Waals surface area contributed by atoms with Crippen LogP contribution in [0.15, 0.2) is 18.2 Å². The van der Waals surface area contributed by atoms with E-state index in [-0.39, 0.29) is 6.29 Å². The molecule has 0 saturated carbocycles. The monoisotopic (exact) mass is 291 g/mol. The second-order valence-electron chi connectivity index (χ2n) is 5.67. The van der Waals surface area contributed by atoms with Crippen LogP contribution in [0.3, 0.4) is 0 Å². The third kappa shape index (κ3) is 3.90. The van der Waals surface area contributed by atoms with E-state index in [9.17, 15) is 4.79 Å². The number of ether oxygens (including phenoxy) is 2. The van der Waals surface area contributed by atoms with Crippen LogP contribution in [-0.4, -0.2) is 12.2 Å². The minimum Gasteiger partial charge on any atom is -0.451 e. The van der Waals surface area contributed by atoms with Crippen LogP contribution < -0.4 is 15.2 Å². The molecular weight excluding hydrogens is 266 g/mol. The Balaban J connectivity index is 2.06. The maximum Gasteiger partial charge on any atom is 0.248 e. The van der Waals surface area contributed by atoms with Gasteiger partial charge in [-0.25, -0.2) is 0 Å². The van der Waals surface area contributed by atoms with Gasteiger partial charge >= 0.3 is 0 Å². The lowest BCUT2D eigenvalue weighted by molar-refractivity contribution is -0.0119. The molecule has 1 unspecified atom stereocenters. The van der Waals surface area contributed by atoms with Gasteiger partial charge in [-0.3, -0.25) is 4.79 Å². The quantitative estimate of drug-likeness (QED) is 0.790. The Morgan fingerprint density at radius 2 is 1.76 bits per heavy atom. The summed E-state index contributed by atoms with van der Waals surface area (Å²) >= 11 is 0. The maximum atomic E-state index is 11.2. The molecule has 1 aliphatic heterocycles. The number of carbonyl (C=O) groups is 1. The van der Waals surface area contributed by atoms with Gasteiger partial charge in [0.25, 0.3) is 0 Å². The van der Waals surface area contributed by atoms with Crippen LogP contribution in [0.1, 0.15) is 62.7 Å². The van der Waals surface area contributed by atoms with Crippen LogP contribution in [0, 0.1) is 5.92 Å². The number of hydrogen-bond donors (Lipinski definition) is 1. The third-order valence-electron chi connectivity index (χ3n) is 3.96. The van der Waals surface area contributed by atoms with Gasteiger partial charge in [-0.1, -0.05) is 39.5 Å². The van der Waals surface area contributed by atoms with Crippen LogP contribution in [0.2, 0.25) is 0 Å². The van der Waals surface area contributed by atoms with Gasteiger partial charge in [0.05, 0.1) is 0 Å². The highest BCUT2D eigenvalue weighted by Crippen LogP contribution is 2.39. The lowest BCUT2D eigenvalue weighted by Crippen LogP contribution is -2.29.